The summed E-state index contributed by atoms with van der Waals surface area (Å²) < 4.78 is 9.77. The van der Waals surface area contributed by atoms with E-state index in [2.05, 4.69) is 4.98 Å². The summed E-state index contributed by atoms with van der Waals surface area (Å²) in [5, 5.41) is 9.74. The van der Waals surface area contributed by atoms with E-state index in [0.29, 0.717) is 0 Å². The van der Waals surface area contributed by atoms with Gasteiger partial charge in [-0.2, -0.15) is 0 Å². The number of carboxylic acids is 1. The Morgan fingerprint density at radius 3 is 2.44 bits per heavy atom. The number of carboxylic acid groups (broad SMARTS) is 1. The maximum atomic E-state index is 12.0. The molecule has 2 aromatic rings. The molecule has 2 N–H and O–H groups in total. The average molecular weight is 348 g/mol. The van der Waals surface area contributed by atoms with Crippen molar-refractivity contribution in [1.29, 1.82) is 0 Å². The summed E-state index contributed by atoms with van der Waals surface area (Å²) in [7, 11) is 0. The number of carbonyl (C=O) groups excluding carboxylic acids is 2. The number of benzene rings is 1. The second kappa shape index (κ2) is 7.25. The second-order valence-electron chi connectivity index (χ2n) is 6.38. The Bertz CT molecular complexity index is 757. The van der Waals surface area contributed by atoms with Crippen molar-refractivity contribution in [2.45, 2.75) is 26.3 Å². The average Bonchev–Trinajstić information content (AvgIpc) is 2.95. The lowest BCUT2D eigenvalue weighted by atomic mass is 10.1. The van der Waals surface area contributed by atoms with E-state index in [4.69, 9.17) is 14.6 Å². The lowest BCUT2D eigenvalue weighted by molar-refractivity contribution is -0.139. The van der Waals surface area contributed by atoms with Gasteiger partial charge in [0.25, 0.3) is 0 Å². The quantitative estimate of drug-likeness (QED) is 0.635. The van der Waals surface area contributed by atoms with Gasteiger partial charge in [0.2, 0.25) is 6.79 Å². The number of carbonyl (C=O) groups is 3. The van der Waals surface area contributed by atoms with Crippen LogP contribution in [0.1, 0.15) is 31.3 Å². The summed E-state index contributed by atoms with van der Waals surface area (Å²) >= 11 is 0. The van der Waals surface area contributed by atoms with E-state index < -0.39 is 36.9 Å². The van der Waals surface area contributed by atoms with Gasteiger partial charge >= 0.3 is 18.0 Å². The van der Waals surface area contributed by atoms with Crippen LogP contribution in [0.25, 0.3) is 10.9 Å². The van der Waals surface area contributed by atoms with Crippen LogP contribution in [-0.4, -0.2) is 51.9 Å². The zero-order valence-corrected chi connectivity index (χ0v) is 14.2. The van der Waals surface area contributed by atoms with Crippen molar-refractivity contribution >= 4 is 28.9 Å². The number of aromatic amines is 1. The summed E-state index contributed by atoms with van der Waals surface area (Å²) in [6, 6.07) is 8.97. The number of aromatic nitrogens is 1. The minimum Gasteiger partial charge on any atom is -0.480 e. The predicted octanol–water partition coefficient (Wildman–Crippen LogP) is 2.60. The number of nitrogens with one attached hydrogen (secondary N) is 1. The highest BCUT2D eigenvalue weighted by atomic mass is 16.7. The van der Waals surface area contributed by atoms with Crippen LogP contribution in [0, 0.1) is 0 Å². The first-order chi connectivity index (χ1) is 11.7. The molecule has 25 heavy (non-hydrogen) atoms. The van der Waals surface area contributed by atoms with Gasteiger partial charge in [-0.1, -0.05) is 18.2 Å². The molecule has 0 aliphatic rings. The zero-order valence-electron chi connectivity index (χ0n) is 14.2. The van der Waals surface area contributed by atoms with Gasteiger partial charge in [0, 0.05) is 16.4 Å². The molecule has 1 heterocycles. The van der Waals surface area contributed by atoms with Crippen molar-refractivity contribution < 1.29 is 29.0 Å². The monoisotopic (exact) mass is 348 g/mol. The van der Waals surface area contributed by atoms with Gasteiger partial charge in [-0.3, -0.25) is 9.69 Å². The minimum atomic E-state index is -1.16. The first kappa shape index (κ1) is 18.3. The molecule has 0 aliphatic carbocycles. The Morgan fingerprint density at radius 1 is 1.16 bits per heavy atom. The molecule has 0 radical (unpaired) electrons. The third-order valence-corrected chi connectivity index (χ3v) is 3.45. The number of hydrogen-bond donors (Lipinski definition) is 2. The zero-order chi connectivity index (χ0) is 18.6. The third-order valence-electron chi connectivity index (χ3n) is 3.45. The van der Waals surface area contributed by atoms with Crippen LogP contribution in [0.2, 0.25) is 0 Å². The van der Waals surface area contributed by atoms with E-state index in [1.165, 1.54) is 0 Å². The second-order valence-corrected chi connectivity index (χ2v) is 6.38. The molecule has 0 spiro atoms. The Balaban J connectivity index is 1.93. The summed E-state index contributed by atoms with van der Waals surface area (Å²) in [6.07, 6.45) is -0.876. The van der Waals surface area contributed by atoms with Crippen molar-refractivity contribution in [3.05, 3.63) is 36.0 Å². The van der Waals surface area contributed by atoms with Crippen LogP contribution in [0.15, 0.2) is 30.3 Å². The number of nitrogens with zero attached hydrogens (tertiary/aromatic N) is 1. The third kappa shape index (κ3) is 4.72. The fraction of sp³-hybridized carbons (Fsp3) is 0.353. The van der Waals surface area contributed by atoms with Crippen LogP contribution in [0.3, 0.4) is 0 Å². The van der Waals surface area contributed by atoms with Gasteiger partial charge < -0.3 is 19.6 Å². The molecule has 0 fully saturated rings. The number of amides is 1. The van der Waals surface area contributed by atoms with Crippen LogP contribution in [-0.2, 0) is 14.3 Å². The molecule has 0 saturated carbocycles. The Hall–Kier alpha value is -3.03. The van der Waals surface area contributed by atoms with Crippen molar-refractivity contribution in [2.24, 2.45) is 0 Å². The van der Waals surface area contributed by atoms with Crippen LogP contribution in [0.5, 0.6) is 0 Å². The van der Waals surface area contributed by atoms with E-state index in [-0.39, 0.29) is 5.69 Å². The van der Waals surface area contributed by atoms with Gasteiger partial charge in [-0.15, -0.1) is 0 Å². The maximum Gasteiger partial charge on any atom is 0.413 e. The number of fused-ring (bicyclic) bond motifs is 1. The van der Waals surface area contributed by atoms with Gasteiger partial charge in [0.15, 0.2) is 0 Å². The molecule has 1 aromatic carbocycles. The number of para-hydroxylation sites is 1. The normalized spacial score (nSPS) is 11.2. The Kier molecular flexibility index (Phi) is 5.31. The summed E-state index contributed by atoms with van der Waals surface area (Å²) in [5.74, 6) is -1.84. The van der Waals surface area contributed by atoms with E-state index >= 15 is 0 Å². The van der Waals surface area contributed by atoms with Crippen LogP contribution in [0.4, 0.5) is 4.79 Å². The fourth-order valence-electron chi connectivity index (χ4n) is 2.18. The molecule has 134 valence electrons. The highest BCUT2D eigenvalue weighted by Crippen LogP contribution is 2.16. The first-order valence-electron chi connectivity index (χ1n) is 7.59. The predicted molar refractivity (Wildman–Crippen MR) is 89.2 cm³/mol. The molecule has 0 atom stereocenters. The minimum absolute atomic E-state index is 0.232. The number of hydrogen-bond acceptors (Lipinski definition) is 5. The highest BCUT2D eigenvalue weighted by Gasteiger charge is 2.30. The number of rotatable bonds is 5. The largest absolute Gasteiger partial charge is 0.480 e. The molecule has 0 aliphatic heterocycles. The van der Waals surface area contributed by atoms with Gasteiger partial charge in [-0.05, 0) is 32.9 Å². The van der Waals surface area contributed by atoms with Crippen LogP contribution >= 0.6 is 0 Å². The molecule has 0 unspecified atom stereocenters. The van der Waals surface area contributed by atoms with Crippen LogP contribution < -0.4 is 0 Å². The molecule has 0 saturated heterocycles. The molecule has 1 amide bonds. The van der Waals surface area contributed by atoms with Crippen molar-refractivity contribution in [3.63, 3.8) is 0 Å². The Morgan fingerprint density at radius 2 is 1.84 bits per heavy atom. The maximum absolute atomic E-state index is 12.0. The molecule has 1 aromatic heterocycles. The van der Waals surface area contributed by atoms with E-state index in [9.17, 15) is 14.4 Å². The van der Waals surface area contributed by atoms with Crippen molar-refractivity contribution in [3.8, 4) is 0 Å². The lowest BCUT2D eigenvalue weighted by Gasteiger charge is -2.33. The number of ether oxygens (including phenoxy) is 2. The topological polar surface area (TPSA) is 109 Å². The SMILES string of the molecule is CC(C)(C)N(CC(=O)O)C(=O)OCOC(=O)c1cc2ccccc2[nH]1. The van der Waals surface area contributed by atoms with E-state index in [0.717, 1.165) is 15.8 Å². The number of H-pyrrole nitrogens is 1. The molecule has 8 heteroatoms. The highest BCUT2D eigenvalue weighted by molar-refractivity contribution is 5.94. The summed E-state index contributed by atoms with van der Waals surface area (Å²) in [6.45, 7) is 3.90. The van der Waals surface area contributed by atoms with E-state index in [1.54, 1.807) is 26.8 Å². The standard InChI is InChI=1S/C17H20N2O6/c1-17(2,3)19(9-14(20)21)16(23)25-10-24-15(22)13-8-11-6-4-5-7-12(11)18-13/h4-8,18H,9-10H2,1-3H3,(H,20,21). The molecule has 8 nitrogen and oxygen atoms in total. The first-order valence-corrected chi connectivity index (χ1v) is 7.59. The molecular weight excluding hydrogens is 328 g/mol. The van der Waals surface area contributed by atoms with Crippen molar-refractivity contribution in [1.82, 2.24) is 9.88 Å². The van der Waals surface area contributed by atoms with Gasteiger partial charge in [0.05, 0.1) is 0 Å². The number of esters is 1. The molecule has 2 rings (SSSR count). The molecular formula is C17H20N2O6. The number of aliphatic carboxylic acids is 1. The van der Waals surface area contributed by atoms with Gasteiger partial charge in [0.1, 0.15) is 12.2 Å². The fourth-order valence-corrected chi connectivity index (χ4v) is 2.18. The van der Waals surface area contributed by atoms with Gasteiger partial charge in [-0.25, -0.2) is 9.59 Å². The lowest BCUT2D eigenvalue weighted by Crippen LogP contribution is -2.48. The van der Waals surface area contributed by atoms with Crippen molar-refractivity contribution in [2.75, 3.05) is 13.3 Å². The smallest absolute Gasteiger partial charge is 0.413 e. The van der Waals surface area contributed by atoms with E-state index in [1.807, 2.05) is 24.3 Å². The summed E-state index contributed by atoms with van der Waals surface area (Å²) in [4.78, 5) is 38.8. The molecule has 0 bridgehead atoms. The Labute approximate surface area is 144 Å². The summed E-state index contributed by atoms with van der Waals surface area (Å²) in [5.41, 5.74) is 0.263.